The molecule has 1 amide bonds. The first kappa shape index (κ1) is 20.6. The molecule has 0 atom stereocenters. The molecule has 0 fully saturated rings. The van der Waals surface area contributed by atoms with Crippen LogP contribution in [0.5, 0.6) is 11.5 Å². The second-order valence-corrected chi connectivity index (χ2v) is 7.61. The van der Waals surface area contributed by atoms with Crippen LogP contribution in [0.1, 0.15) is 30.9 Å². The zero-order chi connectivity index (χ0) is 20.8. The van der Waals surface area contributed by atoms with Gasteiger partial charge < -0.3 is 9.47 Å². The number of carbonyl (C=O) groups is 1. The van der Waals surface area contributed by atoms with Crippen LogP contribution in [0.4, 0.5) is 5.13 Å². The molecule has 1 N–H and O–H groups in total. The maximum absolute atomic E-state index is 12.2. The first-order chi connectivity index (χ1) is 14.0. The van der Waals surface area contributed by atoms with Crippen LogP contribution in [0.2, 0.25) is 0 Å². The molecule has 1 heterocycles. The van der Waals surface area contributed by atoms with E-state index in [4.69, 9.17) is 9.47 Å². The van der Waals surface area contributed by atoms with Crippen LogP contribution in [0.25, 0.3) is 17.3 Å². The van der Waals surface area contributed by atoms with E-state index in [1.165, 1.54) is 23.0 Å². The van der Waals surface area contributed by atoms with Crippen molar-refractivity contribution in [1.29, 1.82) is 0 Å². The van der Waals surface area contributed by atoms with Gasteiger partial charge in [-0.2, -0.15) is 0 Å². The number of nitrogens with one attached hydrogen (secondary N) is 1. The van der Waals surface area contributed by atoms with Crippen molar-refractivity contribution < 1.29 is 14.3 Å². The highest BCUT2D eigenvalue weighted by molar-refractivity contribution is 7.14. The standard InChI is InChI=1S/C23H24N2O3S/c1-15(2)17-7-9-18(10-8-17)19-14-29-23(24-19)25-22(26)12-6-16-5-11-20(27-3)21(13-16)28-4/h5-15H,1-4H3,(H,24,25,26). The third-order valence-electron chi connectivity index (χ3n) is 4.44. The van der Waals surface area contributed by atoms with E-state index in [9.17, 15) is 4.79 Å². The number of carbonyl (C=O) groups excluding carboxylic acids is 1. The Bertz CT molecular complexity index is 1010. The molecule has 0 aliphatic rings. The predicted molar refractivity (Wildman–Crippen MR) is 119 cm³/mol. The van der Waals surface area contributed by atoms with Gasteiger partial charge in [0, 0.05) is 17.0 Å². The van der Waals surface area contributed by atoms with Crippen molar-refractivity contribution >= 4 is 28.5 Å². The van der Waals surface area contributed by atoms with Crippen molar-refractivity contribution in [3.05, 3.63) is 65.0 Å². The summed E-state index contributed by atoms with van der Waals surface area (Å²) in [5, 5.41) is 5.32. The molecule has 2 aromatic carbocycles. The van der Waals surface area contributed by atoms with Gasteiger partial charge in [-0.15, -0.1) is 11.3 Å². The van der Waals surface area contributed by atoms with Gasteiger partial charge in [-0.05, 0) is 35.3 Å². The summed E-state index contributed by atoms with van der Waals surface area (Å²) < 4.78 is 10.5. The van der Waals surface area contributed by atoms with Crippen molar-refractivity contribution in [2.75, 3.05) is 19.5 Å². The first-order valence-corrected chi connectivity index (χ1v) is 10.1. The maximum Gasteiger partial charge on any atom is 0.250 e. The second-order valence-electron chi connectivity index (χ2n) is 6.75. The van der Waals surface area contributed by atoms with Crippen molar-refractivity contribution in [3.8, 4) is 22.8 Å². The molecule has 29 heavy (non-hydrogen) atoms. The maximum atomic E-state index is 12.2. The van der Waals surface area contributed by atoms with Crippen molar-refractivity contribution in [2.45, 2.75) is 19.8 Å². The van der Waals surface area contributed by atoms with E-state index in [1.807, 2.05) is 17.5 Å². The molecule has 3 rings (SSSR count). The molecule has 6 heteroatoms. The Balaban J connectivity index is 1.65. The fraction of sp³-hybridized carbons (Fsp3) is 0.217. The van der Waals surface area contributed by atoms with Gasteiger partial charge in [0.25, 0.3) is 0 Å². The minimum atomic E-state index is -0.240. The third kappa shape index (κ3) is 5.23. The van der Waals surface area contributed by atoms with Crippen LogP contribution in [-0.2, 0) is 4.79 Å². The SMILES string of the molecule is COc1ccc(C=CC(=O)Nc2nc(-c3ccc(C(C)C)cc3)cs2)cc1OC. The molecule has 0 aliphatic carbocycles. The highest BCUT2D eigenvalue weighted by atomic mass is 32.1. The van der Waals surface area contributed by atoms with E-state index in [1.54, 1.807) is 26.4 Å². The molecule has 0 unspecified atom stereocenters. The monoisotopic (exact) mass is 408 g/mol. The van der Waals surface area contributed by atoms with Crippen LogP contribution in [-0.4, -0.2) is 25.1 Å². The fourth-order valence-electron chi connectivity index (χ4n) is 2.78. The number of amides is 1. The van der Waals surface area contributed by atoms with E-state index >= 15 is 0 Å². The summed E-state index contributed by atoms with van der Waals surface area (Å²) in [5.74, 6) is 1.51. The zero-order valence-corrected chi connectivity index (χ0v) is 17.7. The number of methoxy groups -OCH3 is 2. The van der Waals surface area contributed by atoms with Gasteiger partial charge in [0.2, 0.25) is 5.91 Å². The topological polar surface area (TPSA) is 60.5 Å². The molecule has 0 aliphatic heterocycles. The number of hydrogen-bond acceptors (Lipinski definition) is 5. The Morgan fingerprint density at radius 1 is 1.07 bits per heavy atom. The number of nitrogens with zero attached hydrogens (tertiary/aromatic N) is 1. The van der Waals surface area contributed by atoms with Crippen molar-refractivity contribution in [2.24, 2.45) is 0 Å². The number of benzene rings is 2. The minimum Gasteiger partial charge on any atom is -0.493 e. The third-order valence-corrected chi connectivity index (χ3v) is 5.20. The Labute approximate surface area is 175 Å². The molecule has 0 bridgehead atoms. The average Bonchev–Trinajstić information content (AvgIpc) is 3.20. The number of anilines is 1. The lowest BCUT2D eigenvalue weighted by Gasteiger charge is -2.07. The molecule has 150 valence electrons. The smallest absolute Gasteiger partial charge is 0.250 e. The molecule has 0 radical (unpaired) electrons. The van der Waals surface area contributed by atoms with Gasteiger partial charge in [0.05, 0.1) is 19.9 Å². The lowest BCUT2D eigenvalue weighted by Crippen LogP contribution is -2.07. The van der Waals surface area contributed by atoms with E-state index in [2.05, 4.69) is 48.4 Å². The van der Waals surface area contributed by atoms with Gasteiger partial charge in [0.15, 0.2) is 16.6 Å². The summed E-state index contributed by atoms with van der Waals surface area (Å²) in [7, 11) is 3.16. The van der Waals surface area contributed by atoms with E-state index < -0.39 is 0 Å². The van der Waals surface area contributed by atoms with Gasteiger partial charge >= 0.3 is 0 Å². The van der Waals surface area contributed by atoms with E-state index in [-0.39, 0.29) is 5.91 Å². The van der Waals surface area contributed by atoms with Crippen LogP contribution in [0.15, 0.2) is 53.9 Å². The van der Waals surface area contributed by atoms with Crippen LogP contribution >= 0.6 is 11.3 Å². The summed E-state index contributed by atoms with van der Waals surface area (Å²) >= 11 is 1.40. The molecule has 5 nitrogen and oxygen atoms in total. The summed E-state index contributed by atoms with van der Waals surface area (Å²) in [6.45, 7) is 4.34. The van der Waals surface area contributed by atoms with Gasteiger partial charge in [-0.1, -0.05) is 44.2 Å². The van der Waals surface area contributed by atoms with Gasteiger partial charge in [-0.25, -0.2) is 4.98 Å². The number of rotatable bonds is 7. The second kappa shape index (κ2) is 9.39. The predicted octanol–water partition coefficient (Wildman–Crippen LogP) is 5.60. The quantitative estimate of drug-likeness (QED) is 0.517. The fourth-order valence-corrected chi connectivity index (χ4v) is 3.50. The lowest BCUT2D eigenvalue weighted by atomic mass is 10.0. The summed E-state index contributed by atoms with van der Waals surface area (Å²) in [5.41, 5.74) is 4.01. The van der Waals surface area contributed by atoms with Gasteiger partial charge in [0.1, 0.15) is 0 Å². The molecule has 0 spiro atoms. The molecule has 0 saturated heterocycles. The van der Waals surface area contributed by atoms with Crippen molar-refractivity contribution in [1.82, 2.24) is 4.98 Å². The van der Waals surface area contributed by atoms with Crippen LogP contribution < -0.4 is 14.8 Å². The number of hydrogen-bond donors (Lipinski definition) is 1. The Hall–Kier alpha value is -3.12. The Morgan fingerprint density at radius 3 is 2.45 bits per heavy atom. The average molecular weight is 409 g/mol. The normalized spacial score (nSPS) is 11.1. The van der Waals surface area contributed by atoms with E-state index in [0.717, 1.165) is 16.8 Å². The summed E-state index contributed by atoms with van der Waals surface area (Å²) in [6, 6.07) is 13.8. The molecule has 3 aromatic rings. The molecular formula is C23H24N2O3S. The summed E-state index contributed by atoms with van der Waals surface area (Å²) in [6.07, 6.45) is 3.19. The molecule has 0 saturated carbocycles. The summed E-state index contributed by atoms with van der Waals surface area (Å²) in [4.78, 5) is 16.8. The zero-order valence-electron chi connectivity index (χ0n) is 16.9. The van der Waals surface area contributed by atoms with Crippen LogP contribution in [0.3, 0.4) is 0 Å². The lowest BCUT2D eigenvalue weighted by molar-refractivity contribution is -0.111. The van der Waals surface area contributed by atoms with E-state index in [0.29, 0.717) is 22.5 Å². The first-order valence-electron chi connectivity index (χ1n) is 9.27. The molecule has 1 aromatic heterocycles. The molecular weight excluding hydrogens is 384 g/mol. The minimum absolute atomic E-state index is 0.240. The van der Waals surface area contributed by atoms with Crippen molar-refractivity contribution in [3.63, 3.8) is 0 Å². The number of thiazole rings is 1. The Morgan fingerprint density at radius 2 is 1.79 bits per heavy atom. The largest absolute Gasteiger partial charge is 0.493 e. The van der Waals surface area contributed by atoms with Crippen LogP contribution in [0, 0.1) is 0 Å². The number of aromatic nitrogens is 1. The Kier molecular flexibility index (Phi) is 6.67. The van der Waals surface area contributed by atoms with Gasteiger partial charge in [-0.3, -0.25) is 10.1 Å². The highest BCUT2D eigenvalue weighted by Gasteiger charge is 2.08. The highest BCUT2D eigenvalue weighted by Crippen LogP contribution is 2.28. The number of ether oxygens (including phenoxy) is 2.